The van der Waals surface area contributed by atoms with Gasteiger partial charge in [0.05, 0.1) is 88.8 Å². The van der Waals surface area contributed by atoms with Crippen LogP contribution >= 0.6 is 11.6 Å². The quantitative estimate of drug-likeness (QED) is 0.0324. The second kappa shape index (κ2) is 46.0. The number of carbonyl (C=O) groups is 4. The molecule has 788 valence electrons. The molecule has 5 aliphatic rings. The molecule has 3 aromatic carbocycles. The summed E-state index contributed by atoms with van der Waals surface area (Å²) in [5, 5.41) is 8.82. The van der Waals surface area contributed by atoms with Crippen LogP contribution < -0.4 is 54.1 Å². The highest BCUT2D eigenvalue weighted by atomic mass is 35.5. The number of rotatable bonds is 23. The summed E-state index contributed by atoms with van der Waals surface area (Å²) in [5.41, 5.74) is 2.97. The van der Waals surface area contributed by atoms with Crippen molar-refractivity contribution in [3.8, 4) is 51.0 Å². The summed E-state index contributed by atoms with van der Waals surface area (Å²) in [5.74, 6) is -0.0896. The van der Waals surface area contributed by atoms with Crippen LogP contribution in [0.4, 0.5) is 47.1 Å². The Bertz CT molecular complexity index is 6960. The summed E-state index contributed by atoms with van der Waals surface area (Å²) in [6.07, 6.45) is 11.6. The van der Waals surface area contributed by atoms with Gasteiger partial charge in [-0.25, -0.2) is 62.0 Å². The van der Waals surface area contributed by atoms with Gasteiger partial charge in [0.2, 0.25) is 0 Å². The molecule has 5 aliphatic heterocycles. The van der Waals surface area contributed by atoms with Crippen molar-refractivity contribution in [3.05, 3.63) is 275 Å². The Kier molecular flexibility index (Phi) is 33.7. The number of ether oxygens (including phenoxy) is 4. The summed E-state index contributed by atoms with van der Waals surface area (Å²) in [7, 11) is -13.2. The zero-order valence-electron chi connectivity index (χ0n) is 85.9. The highest BCUT2D eigenvalue weighted by Crippen LogP contribution is 2.46. The second-order valence-corrected chi connectivity index (χ2v) is 47.5. The average Bonchev–Trinajstić information content (AvgIpc) is 1.54. The Morgan fingerprint density at radius 3 is 1.38 bits per heavy atom. The van der Waals surface area contributed by atoms with Gasteiger partial charge in [-0.3, -0.25) is 29.3 Å². The fraction of sp³-hybridized carbons (Fsp3) is 0.391. The molecule has 8 bridgehead atoms. The van der Waals surface area contributed by atoms with Gasteiger partial charge in [0, 0.05) is 91.2 Å². The Balaban J connectivity index is 0.000000177. The Morgan fingerprint density at radius 2 is 0.953 bits per heavy atom. The van der Waals surface area contributed by atoms with E-state index in [0.717, 1.165) is 55.6 Å². The first-order chi connectivity index (χ1) is 70.5. The van der Waals surface area contributed by atoms with Crippen LogP contribution in [0.25, 0.3) is 33.8 Å². The fourth-order valence-corrected chi connectivity index (χ4v) is 22.1. The van der Waals surface area contributed by atoms with E-state index in [1.165, 1.54) is 72.8 Å². The second-order valence-electron chi connectivity index (χ2n) is 42.2. The number of halogens is 4. The van der Waals surface area contributed by atoms with E-state index in [9.17, 15) is 57.6 Å². The van der Waals surface area contributed by atoms with Gasteiger partial charge in [-0.05, 0) is 301 Å². The lowest BCUT2D eigenvalue weighted by molar-refractivity contribution is 0.0130. The first kappa shape index (κ1) is 109. The fourth-order valence-electron chi connectivity index (χ4n) is 19.0. The lowest BCUT2D eigenvalue weighted by Gasteiger charge is -2.34. The minimum Gasteiger partial charge on any atom is -0.493 e. The molecule has 149 heavy (non-hydrogen) atoms. The monoisotopic (exact) mass is 2110 g/mol. The van der Waals surface area contributed by atoms with Crippen molar-refractivity contribution in [2.75, 3.05) is 65.2 Å². The van der Waals surface area contributed by atoms with E-state index in [1.807, 2.05) is 135 Å². The lowest BCUT2D eigenvalue weighted by Crippen LogP contribution is -2.45. The van der Waals surface area contributed by atoms with Crippen molar-refractivity contribution in [3.63, 3.8) is 0 Å². The summed E-state index contributed by atoms with van der Waals surface area (Å²) in [4.78, 5) is 101. The molecule has 3 unspecified atom stereocenters. The third kappa shape index (κ3) is 28.2. The van der Waals surface area contributed by atoms with Crippen LogP contribution in [-0.2, 0) is 34.8 Å². The van der Waals surface area contributed by atoms with E-state index >= 15 is 0 Å². The van der Waals surface area contributed by atoms with E-state index in [-0.39, 0.29) is 110 Å². The van der Waals surface area contributed by atoms with Crippen LogP contribution in [0.1, 0.15) is 229 Å². The smallest absolute Gasteiger partial charge is 0.410 e. The number of anilines is 5. The zero-order valence-corrected chi connectivity index (χ0v) is 89.1. The van der Waals surface area contributed by atoms with Crippen molar-refractivity contribution in [1.29, 1.82) is 0 Å². The number of aromatic nitrogens is 9. The average molecular weight is 2110 g/mol. The van der Waals surface area contributed by atoms with E-state index < -0.39 is 86.9 Å². The third-order valence-corrected chi connectivity index (χ3v) is 29.9. The number of nitrogens with zero attached hydrogens (tertiary/aromatic N) is 12. The molecule has 0 radical (unpaired) electrons. The largest absolute Gasteiger partial charge is 0.493 e. The molecule has 14 heterocycles. The van der Waals surface area contributed by atoms with Crippen molar-refractivity contribution < 1.29 is 78.0 Å². The first-order valence-electron chi connectivity index (χ1n) is 49.8. The maximum atomic E-state index is 14.8. The molecule has 6 atom stereocenters. The zero-order chi connectivity index (χ0) is 107. The minimum absolute atomic E-state index is 0. The molecule has 0 saturated carbocycles. The van der Waals surface area contributed by atoms with Gasteiger partial charge in [-0.2, -0.15) is 25.3 Å². The van der Waals surface area contributed by atoms with Gasteiger partial charge in [-0.1, -0.05) is 89.5 Å². The number of carbonyl (C=O) groups excluding carboxylic acids is 4. The van der Waals surface area contributed by atoms with Crippen molar-refractivity contribution >= 4 is 94.6 Å². The maximum absolute atomic E-state index is 14.8. The van der Waals surface area contributed by atoms with Gasteiger partial charge >= 0.3 is 6.09 Å². The standard InChI is InChI=1S/C40H48ClFN6O6S.2C35H39FN6O4S.H2/c1-25(2)24-53-29-20-27(19-28(42)21-29)31-17-15-30(36(41)45-31)37(49)47-55(51,52)35-13-10-12-34(46-35)44-33(32-11-8-9-18-43-32)16-14-26-22-40(6,7)48(23-26)38(50)54-39(3,4)5;2*1-22(2)21-46-26-17-24(16-25(36)18-26)28-14-12-27-33(39-28)42-20-23(19-35(42,3)4)11-13-30(29-8-5-6-15-37-29)38-31-9-7-10-32(40-31)47(44,45)41-34(27)43;/h8-13,15,17-21,25-26,33H,14,16,22-24H2,1-7H3,(H,44,46)(H,47,49);2*5-10,12,14-18,22-23,30H,11,13,19-21H2,1-4H3,(H,38,40)(H,41,43);1H/t26-,33?;2*23-,30?;/m000./s1. The molecule has 4 amide bonds. The van der Waals surface area contributed by atoms with Crippen LogP contribution in [0.2, 0.25) is 5.15 Å². The molecule has 39 heteroatoms. The number of benzene rings is 3. The number of hydrogen-bond donors (Lipinski definition) is 6. The number of nitrogens with one attached hydrogen (secondary N) is 6. The summed E-state index contributed by atoms with van der Waals surface area (Å²) >= 11 is 6.36. The van der Waals surface area contributed by atoms with Gasteiger partial charge in [0.25, 0.3) is 47.8 Å². The van der Waals surface area contributed by atoms with Crippen molar-refractivity contribution in [1.82, 2.24) is 63.9 Å². The van der Waals surface area contributed by atoms with Crippen LogP contribution in [0, 0.1) is 53.0 Å². The molecule has 3 saturated heterocycles. The van der Waals surface area contributed by atoms with Gasteiger partial charge < -0.3 is 49.6 Å². The molecule has 3 fully saturated rings. The number of sulfonamides is 3. The number of fused-ring (bicyclic) bond motifs is 12. The summed E-state index contributed by atoms with van der Waals surface area (Å²) in [6, 6.07) is 51.8. The SMILES string of the molecule is CC(C)COc1cc(F)cc(-c2ccc(C(=O)NS(=O)(=O)c3cccc(NC(CC[C@@H]4CN(C(=O)OC(C)(C)C)C(C)(C)C4)c4ccccn4)n3)c(Cl)n2)c1.CC(C)COc1cc(F)cc(-c2ccc3c(n2)N2C[C@@H](CCC(c4ccccn4)Nc4cccc(n4)S(=O)(=O)NC3=O)CC2(C)C)c1.CC(C)COc1cc(F)cc(-c2ccc3c(n2)N2C[C@@H](CCC(c4ccccn4)Nc4cccc(n4)S(=O)(=O)NC3=O)CC2(C)C)c1.[HH]. The molecule has 9 aromatic heterocycles. The Labute approximate surface area is 874 Å². The first-order valence-corrected chi connectivity index (χ1v) is 54.6. The van der Waals surface area contributed by atoms with E-state index in [1.54, 1.807) is 96.3 Å². The van der Waals surface area contributed by atoms with E-state index in [4.69, 9.17) is 40.5 Å². The number of pyridine rings is 9. The number of amides is 4. The Morgan fingerprint density at radius 1 is 0.510 bits per heavy atom. The van der Waals surface area contributed by atoms with Crippen LogP contribution in [0.5, 0.6) is 17.2 Å². The summed E-state index contributed by atoms with van der Waals surface area (Å²) in [6.45, 7) is 32.9. The number of hydrogen-bond acceptors (Lipinski definition) is 28. The topological polar surface area (TPSA) is 406 Å². The molecule has 12 aromatic rings. The maximum Gasteiger partial charge on any atom is 0.410 e. The van der Waals surface area contributed by atoms with Gasteiger partial charge in [0.1, 0.15) is 74.5 Å². The van der Waals surface area contributed by atoms with Crippen molar-refractivity contribution in [2.24, 2.45) is 35.5 Å². The summed E-state index contributed by atoms with van der Waals surface area (Å²) < 4.78 is 154. The van der Waals surface area contributed by atoms with Crippen LogP contribution in [0.3, 0.4) is 0 Å². The highest BCUT2D eigenvalue weighted by molar-refractivity contribution is 7.90. The molecular formula is C110H128ClF3N18O14S3. The molecule has 32 nitrogen and oxygen atoms in total. The van der Waals surface area contributed by atoms with E-state index in [0.29, 0.717) is 127 Å². The molecule has 6 N–H and O–H groups in total. The van der Waals surface area contributed by atoms with Crippen molar-refractivity contribution in [2.45, 2.75) is 217 Å². The number of likely N-dealkylation sites (tertiary alicyclic amines) is 1. The lowest BCUT2D eigenvalue weighted by atomic mass is 9.91. The Hall–Kier alpha value is -14.0. The molecule has 17 rings (SSSR count). The molecule has 0 spiro atoms. The predicted molar refractivity (Wildman–Crippen MR) is 567 cm³/mol. The van der Waals surface area contributed by atoms with Crippen LogP contribution in [0.15, 0.2) is 234 Å². The van der Waals surface area contributed by atoms with Gasteiger partial charge in [0.15, 0.2) is 15.1 Å². The molecular weight excluding hydrogens is 1990 g/mol. The highest BCUT2D eigenvalue weighted by Gasteiger charge is 2.46. The van der Waals surface area contributed by atoms with Crippen LogP contribution in [-0.4, -0.2) is 160 Å². The van der Waals surface area contributed by atoms with Gasteiger partial charge in [-0.15, -0.1) is 0 Å². The normalized spacial score (nSPS) is 18.8. The minimum atomic E-state index is -4.47. The predicted octanol–water partition coefficient (Wildman–Crippen LogP) is 21.5. The third-order valence-electron chi connectivity index (χ3n) is 26.0. The molecule has 0 aliphatic carbocycles. The van der Waals surface area contributed by atoms with E-state index in [2.05, 4.69) is 97.8 Å².